The van der Waals surface area contributed by atoms with Gasteiger partial charge in [-0.2, -0.15) is 0 Å². The van der Waals surface area contributed by atoms with E-state index >= 15 is 0 Å². The molecule has 0 unspecified atom stereocenters. The Labute approximate surface area is 528 Å². The highest BCUT2D eigenvalue weighted by molar-refractivity contribution is 6.25. The standard InChI is InChI=1S/C84H59N7/c1-84(2)77-50-67(88(61-28-7-3-8-29-61)65-40-39-56-23-15-16-24-57(56)45-65)41-43-71(77)73-51-75-76(52-78(73)84)82(90(63-32-11-5-12-33-63)69-47-59-26-18-21-37-80(59)86-54-69)72-44-42-66(89(62-30-9-4-10-31-62)68-46-58-25-17-20-36-79(58)85-53-68)49-74(72)83(75)91(64-34-13-6-14-35-64)70-48-60-27-19-22-38-81(60)87-55-70/h3-55H,1-2H3. The fourth-order valence-electron chi connectivity index (χ4n) is 14.0. The number of pyridine rings is 3. The van der Waals surface area contributed by atoms with E-state index in [0.717, 1.165) is 123 Å². The van der Waals surface area contributed by atoms with Gasteiger partial charge in [-0.25, -0.2) is 0 Å². The molecule has 0 spiro atoms. The highest BCUT2D eigenvalue weighted by atomic mass is 15.2. The Bertz CT molecular complexity index is 5480. The minimum atomic E-state index is -0.454. The fraction of sp³-hybridized carbons (Fsp3) is 0.0357. The van der Waals surface area contributed by atoms with Crippen molar-refractivity contribution in [2.75, 3.05) is 19.6 Å². The first-order valence-corrected chi connectivity index (χ1v) is 31.0. The minimum absolute atomic E-state index is 0.454. The second kappa shape index (κ2) is 21.7. The molecule has 13 aromatic carbocycles. The number of benzene rings is 13. The lowest BCUT2D eigenvalue weighted by atomic mass is 9.81. The zero-order valence-corrected chi connectivity index (χ0v) is 50.2. The van der Waals surface area contributed by atoms with Gasteiger partial charge in [0.1, 0.15) is 0 Å². The number of nitrogens with zero attached hydrogens (tertiary/aromatic N) is 7. The van der Waals surface area contributed by atoms with Crippen LogP contribution in [0.15, 0.2) is 322 Å². The predicted octanol–water partition coefficient (Wildman–Crippen LogP) is 23.0. The summed E-state index contributed by atoms with van der Waals surface area (Å²) in [6.07, 6.45) is 6.08. The molecule has 0 saturated carbocycles. The molecular formula is C84H59N7. The van der Waals surface area contributed by atoms with Crippen molar-refractivity contribution < 1.29 is 0 Å². The lowest BCUT2D eigenvalue weighted by Gasteiger charge is -2.34. The number of para-hydroxylation sites is 7. The van der Waals surface area contributed by atoms with E-state index in [1.54, 1.807) is 0 Å². The third kappa shape index (κ3) is 9.16. The molecule has 7 nitrogen and oxygen atoms in total. The molecule has 0 aliphatic heterocycles. The molecular weight excluding hydrogens is 1110 g/mol. The summed E-state index contributed by atoms with van der Waals surface area (Å²) in [5, 5.41) is 9.79. The summed E-state index contributed by atoms with van der Waals surface area (Å²) in [6, 6.07) is 110. The molecule has 0 atom stereocenters. The smallest absolute Gasteiger partial charge is 0.0703 e. The molecule has 0 bridgehead atoms. The number of rotatable bonds is 12. The van der Waals surface area contributed by atoms with Crippen molar-refractivity contribution in [2.24, 2.45) is 0 Å². The Kier molecular flexibility index (Phi) is 12.7. The summed E-state index contributed by atoms with van der Waals surface area (Å²) in [5.74, 6) is 0. The van der Waals surface area contributed by atoms with Crippen LogP contribution < -0.4 is 19.6 Å². The number of fused-ring (bicyclic) bond motifs is 9. The molecule has 7 heteroatoms. The molecule has 1 aliphatic rings. The van der Waals surface area contributed by atoms with Gasteiger partial charge in [0.25, 0.3) is 0 Å². The molecule has 0 radical (unpaired) electrons. The lowest BCUT2D eigenvalue weighted by molar-refractivity contribution is 0.661. The van der Waals surface area contributed by atoms with E-state index < -0.39 is 5.41 Å². The topological polar surface area (TPSA) is 51.6 Å². The largest absolute Gasteiger partial charge is 0.310 e. The van der Waals surface area contributed by atoms with Crippen LogP contribution in [0.25, 0.3) is 76.2 Å². The summed E-state index contributed by atoms with van der Waals surface area (Å²) in [7, 11) is 0. The summed E-state index contributed by atoms with van der Waals surface area (Å²) in [5.41, 5.74) is 19.4. The van der Waals surface area contributed by atoms with Gasteiger partial charge in [0.2, 0.25) is 0 Å². The quantitative estimate of drug-likeness (QED) is 0.0892. The minimum Gasteiger partial charge on any atom is -0.310 e. The third-order valence-electron chi connectivity index (χ3n) is 18.3. The van der Waals surface area contributed by atoms with Gasteiger partial charge in [0.05, 0.1) is 63.6 Å². The Morgan fingerprint density at radius 1 is 0.231 bits per heavy atom. The van der Waals surface area contributed by atoms with E-state index in [0.29, 0.717) is 0 Å². The molecule has 1 aliphatic carbocycles. The van der Waals surface area contributed by atoms with Crippen LogP contribution in [-0.4, -0.2) is 15.0 Å². The number of anilines is 12. The van der Waals surface area contributed by atoms with Crippen molar-refractivity contribution in [1.82, 2.24) is 15.0 Å². The van der Waals surface area contributed by atoms with Gasteiger partial charge in [-0.15, -0.1) is 0 Å². The molecule has 91 heavy (non-hydrogen) atoms. The van der Waals surface area contributed by atoms with Crippen LogP contribution in [0.2, 0.25) is 0 Å². The zero-order chi connectivity index (χ0) is 60.6. The highest BCUT2D eigenvalue weighted by Gasteiger charge is 2.39. The van der Waals surface area contributed by atoms with Gasteiger partial charge in [0, 0.05) is 82.9 Å². The molecule has 0 N–H and O–H groups in total. The summed E-state index contributed by atoms with van der Waals surface area (Å²) in [6.45, 7) is 4.81. The first kappa shape index (κ1) is 53.3. The van der Waals surface area contributed by atoms with E-state index in [1.165, 1.54) is 33.0 Å². The maximum Gasteiger partial charge on any atom is 0.0703 e. The van der Waals surface area contributed by atoms with Gasteiger partial charge in [-0.1, -0.05) is 184 Å². The fourth-order valence-corrected chi connectivity index (χ4v) is 14.0. The highest BCUT2D eigenvalue weighted by Crippen LogP contribution is 2.58. The van der Waals surface area contributed by atoms with Gasteiger partial charge in [-0.05, 0) is 166 Å². The predicted molar refractivity (Wildman–Crippen MR) is 381 cm³/mol. The molecule has 0 fully saturated rings. The number of aromatic nitrogens is 3. The van der Waals surface area contributed by atoms with Crippen LogP contribution in [-0.2, 0) is 5.41 Å². The molecule has 0 amide bonds. The Morgan fingerprint density at radius 3 is 1.11 bits per heavy atom. The van der Waals surface area contributed by atoms with Crippen molar-refractivity contribution in [3.05, 3.63) is 333 Å². The molecule has 0 saturated heterocycles. The molecule has 16 aromatic rings. The second-order valence-corrected chi connectivity index (χ2v) is 24.1. The number of hydrogen-bond donors (Lipinski definition) is 0. The van der Waals surface area contributed by atoms with Crippen LogP contribution in [0.4, 0.5) is 68.2 Å². The van der Waals surface area contributed by atoms with E-state index in [9.17, 15) is 0 Å². The number of hydrogen-bond acceptors (Lipinski definition) is 7. The maximum atomic E-state index is 5.22. The first-order valence-electron chi connectivity index (χ1n) is 31.0. The Hall–Kier alpha value is -11.9. The van der Waals surface area contributed by atoms with Crippen LogP contribution in [0.5, 0.6) is 0 Å². The molecule has 3 heterocycles. The summed E-state index contributed by atoms with van der Waals surface area (Å²) >= 11 is 0. The van der Waals surface area contributed by atoms with Crippen LogP contribution in [0, 0.1) is 0 Å². The average molecular weight is 1170 g/mol. The maximum absolute atomic E-state index is 5.22. The van der Waals surface area contributed by atoms with Gasteiger partial charge in [0.15, 0.2) is 0 Å². The molecule has 3 aromatic heterocycles. The normalized spacial score (nSPS) is 12.4. The monoisotopic (exact) mass is 1170 g/mol. The van der Waals surface area contributed by atoms with Crippen LogP contribution in [0.1, 0.15) is 25.0 Å². The van der Waals surface area contributed by atoms with Gasteiger partial charge in [-0.3, -0.25) is 15.0 Å². The van der Waals surface area contributed by atoms with Crippen molar-refractivity contribution in [3.63, 3.8) is 0 Å². The van der Waals surface area contributed by atoms with E-state index in [4.69, 9.17) is 15.0 Å². The van der Waals surface area contributed by atoms with E-state index in [1.807, 2.05) is 24.7 Å². The van der Waals surface area contributed by atoms with Gasteiger partial charge >= 0.3 is 0 Å². The Balaban J connectivity index is 1.00. The Morgan fingerprint density at radius 2 is 0.582 bits per heavy atom. The van der Waals surface area contributed by atoms with E-state index in [2.05, 4.69) is 331 Å². The van der Waals surface area contributed by atoms with Crippen LogP contribution in [0.3, 0.4) is 0 Å². The van der Waals surface area contributed by atoms with Crippen molar-refractivity contribution in [3.8, 4) is 11.1 Å². The van der Waals surface area contributed by atoms with Crippen molar-refractivity contribution >= 4 is 133 Å². The van der Waals surface area contributed by atoms with E-state index in [-0.39, 0.29) is 0 Å². The third-order valence-corrected chi connectivity index (χ3v) is 18.3. The SMILES string of the molecule is CC1(C)c2cc(N(c3ccccc3)c3ccc4ccccc4c3)ccc2-c2cc3c(N(c4ccccc4)c4cnc5ccccc5c4)c4cc(N(c5ccccc5)c5cnc6ccccc6c5)ccc4c(N(c4ccccc4)c4cnc5ccccc5c4)c3cc21. The van der Waals surface area contributed by atoms with Crippen LogP contribution >= 0.6 is 0 Å². The molecule has 17 rings (SSSR count). The summed E-state index contributed by atoms with van der Waals surface area (Å²) < 4.78 is 0. The first-order chi connectivity index (χ1) is 44.9. The zero-order valence-electron chi connectivity index (χ0n) is 50.2. The van der Waals surface area contributed by atoms with Gasteiger partial charge < -0.3 is 19.6 Å². The van der Waals surface area contributed by atoms with Crippen molar-refractivity contribution in [1.29, 1.82) is 0 Å². The summed E-state index contributed by atoms with van der Waals surface area (Å²) in [4.78, 5) is 25.1. The second-order valence-electron chi connectivity index (χ2n) is 24.1. The molecule has 430 valence electrons. The average Bonchev–Trinajstić information content (AvgIpc) is 1.70. The lowest BCUT2D eigenvalue weighted by Crippen LogP contribution is -2.18. The van der Waals surface area contributed by atoms with Crippen molar-refractivity contribution in [2.45, 2.75) is 19.3 Å².